The molecule has 0 spiro atoms. The Hall–Kier alpha value is -3.46. The minimum atomic E-state index is -1.41. The highest BCUT2D eigenvalue weighted by Gasteiger charge is 2.35. The van der Waals surface area contributed by atoms with Crippen LogP contribution < -0.4 is 10.1 Å². The van der Waals surface area contributed by atoms with Crippen molar-refractivity contribution in [3.8, 4) is 5.75 Å². The highest BCUT2D eigenvalue weighted by Crippen LogP contribution is 2.29. The first kappa shape index (κ1) is 26.2. The zero-order chi connectivity index (χ0) is 25.7. The average molecular weight is 505 g/mol. The smallest absolute Gasteiger partial charge is 0.338 e. The lowest BCUT2D eigenvalue weighted by atomic mass is 9.91. The number of benzene rings is 2. The van der Waals surface area contributed by atoms with Crippen LogP contribution in [-0.4, -0.2) is 53.9 Å². The van der Waals surface area contributed by atoms with Gasteiger partial charge in [-0.05, 0) is 60.2 Å². The molecule has 2 N–H and O–H groups in total. The molecule has 0 saturated carbocycles. The molecule has 0 radical (unpaired) electrons. The van der Waals surface area contributed by atoms with Crippen LogP contribution in [-0.2, 0) is 20.8 Å². The first-order valence-corrected chi connectivity index (χ1v) is 11.5. The van der Waals surface area contributed by atoms with Crippen LogP contribution in [0.15, 0.2) is 36.4 Å². The van der Waals surface area contributed by atoms with Crippen molar-refractivity contribution in [3.05, 3.63) is 63.9 Å². The Morgan fingerprint density at radius 1 is 1.26 bits per heavy atom. The second-order valence-electron chi connectivity index (χ2n) is 8.33. The molecule has 186 valence electrons. The highest BCUT2D eigenvalue weighted by molar-refractivity contribution is 6.30. The molecular formula is C25H26ClFN2O6. The Labute approximate surface area is 207 Å². The standard InChI is InChI=1S/C25H26ClFN2O6/c1-3-14(15-4-6-20(27)19(10-15)25(33)34)11-23(31)29-13-22(30)28-12-17(24(29)32)8-16-9-18(26)5-7-21(16)35-2/h4-7,9-10,14,17H,3,8,11-13H2,1-2H3,(H,28,30)(H,33,34)/t14-,17+/m0/s1. The minimum Gasteiger partial charge on any atom is -0.496 e. The number of nitrogens with one attached hydrogen (secondary N) is 1. The first-order valence-electron chi connectivity index (χ1n) is 11.1. The van der Waals surface area contributed by atoms with Gasteiger partial charge in [0.05, 0.1) is 18.6 Å². The van der Waals surface area contributed by atoms with Gasteiger partial charge in [-0.2, -0.15) is 0 Å². The zero-order valence-corrected chi connectivity index (χ0v) is 20.1. The fraction of sp³-hybridized carbons (Fsp3) is 0.360. The lowest BCUT2D eigenvalue weighted by Crippen LogP contribution is -2.43. The average Bonchev–Trinajstić information content (AvgIpc) is 2.96. The van der Waals surface area contributed by atoms with Gasteiger partial charge in [0, 0.05) is 18.0 Å². The molecule has 0 unspecified atom stereocenters. The summed E-state index contributed by atoms with van der Waals surface area (Å²) in [6, 6.07) is 8.69. The largest absolute Gasteiger partial charge is 0.496 e. The number of carbonyl (C=O) groups is 4. The van der Waals surface area contributed by atoms with Gasteiger partial charge in [0.25, 0.3) is 0 Å². The van der Waals surface area contributed by atoms with Crippen molar-refractivity contribution < 1.29 is 33.4 Å². The molecule has 10 heteroatoms. The van der Waals surface area contributed by atoms with Crippen molar-refractivity contribution in [2.75, 3.05) is 20.2 Å². The van der Waals surface area contributed by atoms with Crippen LogP contribution in [0.1, 0.15) is 47.2 Å². The first-order chi connectivity index (χ1) is 16.6. The van der Waals surface area contributed by atoms with Crippen molar-refractivity contribution in [2.24, 2.45) is 5.92 Å². The minimum absolute atomic E-state index is 0.0499. The van der Waals surface area contributed by atoms with Gasteiger partial charge in [-0.3, -0.25) is 19.3 Å². The molecule has 1 heterocycles. The molecule has 1 saturated heterocycles. The lowest BCUT2D eigenvalue weighted by Gasteiger charge is -2.24. The van der Waals surface area contributed by atoms with Crippen LogP contribution in [0.4, 0.5) is 4.39 Å². The van der Waals surface area contributed by atoms with E-state index in [1.165, 1.54) is 19.2 Å². The Bertz CT molecular complexity index is 1150. The number of nitrogens with zero attached hydrogens (tertiary/aromatic N) is 1. The quantitative estimate of drug-likeness (QED) is 0.569. The molecule has 2 atom stereocenters. The van der Waals surface area contributed by atoms with E-state index in [1.54, 1.807) is 25.1 Å². The molecular weight excluding hydrogens is 479 g/mol. The Kier molecular flexibility index (Phi) is 8.45. The molecule has 1 fully saturated rings. The summed E-state index contributed by atoms with van der Waals surface area (Å²) in [7, 11) is 1.50. The van der Waals surface area contributed by atoms with E-state index in [0.29, 0.717) is 28.3 Å². The van der Waals surface area contributed by atoms with Crippen LogP contribution in [0.3, 0.4) is 0 Å². The summed E-state index contributed by atoms with van der Waals surface area (Å²) in [5.41, 5.74) is 0.640. The number of hydrogen-bond donors (Lipinski definition) is 2. The summed E-state index contributed by atoms with van der Waals surface area (Å²) in [6.45, 7) is 1.43. The summed E-state index contributed by atoms with van der Waals surface area (Å²) >= 11 is 6.10. The van der Waals surface area contributed by atoms with E-state index in [2.05, 4.69) is 5.32 Å². The number of halogens is 2. The number of rotatable bonds is 8. The molecule has 3 rings (SSSR count). The van der Waals surface area contributed by atoms with E-state index in [9.17, 15) is 28.7 Å². The van der Waals surface area contributed by atoms with Gasteiger partial charge >= 0.3 is 5.97 Å². The number of carbonyl (C=O) groups excluding carboxylic acids is 3. The van der Waals surface area contributed by atoms with E-state index >= 15 is 0 Å². The maximum absolute atomic E-state index is 13.8. The number of aromatic carboxylic acids is 1. The summed E-state index contributed by atoms with van der Waals surface area (Å²) in [4.78, 5) is 51.1. The van der Waals surface area contributed by atoms with Crippen LogP contribution in [0.5, 0.6) is 5.75 Å². The monoisotopic (exact) mass is 504 g/mol. The van der Waals surface area contributed by atoms with Gasteiger partial charge in [-0.25, -0.2) is 9.18 Å². The highest BCUT2D eigenvalue weighted by atomic mass is 35.5. The molecule has 0 aromatic heterocycles. The van der Waals surface area contributed by atoms with Crippen molar-refractivity contribution >= 4 is 35.3 Å². The van der Waals surface area contributed by atoms with E-state index in [-0.39, 0.29) is 19.4 Å². The number of carboxylic acids is 1. The molecule has 1 aliphatic heterocycles. The third-order valence-electron chi connectivity index (χ3n) is 6.08. The third-order valence-corrected chi connectivity index (χ3v) is 6.31. The number of amides is 3. The van der Waals surface area contributed by atoms with Gasteiger partial charge in [0.1, 0.15) is 18.1 Å². The predicted molar refractivity (Wildman–Crippen MR) is 126 cm³/mol. The van der Waals surface area contributed by atoms with Crippen molar-refractivity contribution in [1.82, 2.24) is 10.2 Å². The fourth-order valence-electron chi connectivity index (χ4n) is 4.14. The molecule has 8 nitrogen and oxygen atoms in total. The maximum Gasteiger partial charge on any atom is 0.338 e. The SMILES string of the molecule is CC[C@@H](CC(=O)N1CC(=O)NC[C@@H](Cc2cc(Cl)ccc2OC)C1=O)c1ccc(F)c(C(=O)O)c1. The van der Waals surface area contributed by atoms with E-state index in [0.717, 1.165) is 11.0 Å². The summed E-state index contributed by atoms with van der Waals surface area (Å²) in [5, 5.41) is 12.3. The molecule has 3 amide bonds. The number of methoxy groups -OCH3 is 1. The molecule has 35 heavy (non-hydrogen) atoms. The van der Waals surface area contributed by atoms with Crippen LogP contribution in [0.25, 0.3) is 0 Å². The fourth-order valence-corrected chi connectivity index (χ4v) is 4.34. The Balaban J connectivity index is 1.83. The lowest BCUT2D eigenvalue weighted by molar-refractivity contribution is -0.148. The van der Waals surface area contributed by atoms with Crippen molar-refractivity contribution in [2.45, 2.75) is 32.1 Å². The van der Waals surface area contributed by atoms with E-state index < -0.39 is 53.5 Å². The second-order valence-corrected chi connectivity index (χ2v) is 8.77. The molecule has 2 aromatic carbocycles. The van der Waals surface area contributed by atoms with Crippen LogP contribution in [0, 0.1) is 11.7 Å². The third kappa shape index (κ3) is 6.16. The Morgan fingerprint density at radius 3 is 2.66 bits per heavy atom. The normalized spacial score (nSPS) is 16.9. The summed E-state index contributed by atoms with van der Waals surface area (Å²) in [5.74, 6) is -4.47. The second kappa shape index (κ2) is 11.3. The number of carboxylic acid groups (broad SMARTS) is 1. The Morgan fingerprint density at radius 2 is 2.00 bits per heavy atom. The van der Waals surface area contributed by atoms with Gasteiger partial charge in [-0.15, -0.1) is 0 Å². The number of hydrogen-bond acceptors (Lipinski definition) is 5. The van der Waals surface area contributed by atoms with Gasteiger partial charge in [-0.1, -0.05) is 24.6 Å². The summed E-state index contributed by atoms with van der Waals surface area (Å²) < 4.78 is 19.2. The van der Waals surface area contributed by atoms with E-state index in [1.807, 2.05) is 0 Å². The molecule has 0 bridgehead atoms. The van der Waals surface area contributed by atoms with Gasteiger partial charge in [0.15, 0.2) is 0 Å². The molecule has 1 aliphatic rings. The number of ether oxygens (including phenoxy) is 1. The van der Waals surface area contributed by atoms with Crippen molar-refractivity contribution in [3.63, 3.8) is 0 Å². The zero-order valence-electron chi connectivity index (χ0n) is 19.3. The van der Waals surface area contributed by atoms with E-state index in [4.69, 9.17) is 16.3 Å². The van der Waals surface area contributed by atoms with Crippen LogP contribution in [0.2, 0.25) is 5.02 Å². The van der Waals surface area contributed by atoms with Gasteiger partial charge in [0.2, 0.25) is 17.7 Å². The molecule has 2 aromatic rings. The predicted octanol–water partition coefficient (Wildman–Crippen LogP) is 3.41. The van der Waals surface area contributed by atoms with Gasteiger partial charge < -0.3 is 15.2 Å². The molecule has 0 aliphatic carbocycles. The van der Waals surface area contributed by atoms with Crippen molar-refractivity contribution in [1.29, 1.82) is 0 Å². The number of imide groups is 1. The topological polar surface area (TPSA) is 113 Å². The van der Waals surface area contributed by atoms with Crippen LogP contribution >= 0.6 is 11.6 Å². The summed E-state index contributed by atoms with van der Waals surface area (Å²) in [6.07, 6.45) is 0.491. The maximum atomic E-state index is 13.8.